The van der Waals surface area contributed by atoms with Crippen LogP contribution < -0.4 is 0 Å². The van der Waals surface area contributed by atoms with E-state index >= 15 is 0 Å². The van der Waals surface area contributed by atoms with E-state index in [1.165, 1.54) is 6.26 Å². The maximum absolute atomic E-state index is 11.3. The van der Waals surface area contributed by atoms with Crippen molar-refractivity contribution in [3.63, 3.8) is 0 Å². The van der Waals surface area contributed by atoms with Gasteiger partial charge in [0.15, 0.2) is 5.76 Å². The molecule has 1 N–H and O–H groups in total. The summed E-state index contributed by atoms with van der Waals surface area (Å²) in [6.07, 6.45) is 2.39. The minimum absolute atomic E-state index is 0.125. The van der Waals surface area contributed by atoms with Gasteiger partial charge in [-0.15, -0.1) is 10.2 Å². The number of hydrogen-bond acceptors (Lipinski definition) is 6. The van der Waals surface area contributed by atoms with E-state index in [-0.39, 0.29) is 5.92 Å². The van der Waals surface area contributed by atoms with Crippen molar-refractivity contribution < 1.29 is 18.7 Å². The summed E-state index contributed by atoms with van der Waals surface area (Å²) in [5.74, 6) is 0.537. The highest BCUT2D eigenvalue weighted by Gasteiger charge is 2.37. The average Bonchev–Trinajstić information content (AvgIpc) is 3.10. The fourth-order valence-electron chi connectivity index (χ4n) is 2.59. The first kappa shape index (κ1) is 12.9. The molecular weight excluding hydrogens is 262 g/mol. The number of nitrogens with zero attached hydrogens (tertiary/aromatic N) is 3. The van der Waals surface area contributed by atoms with Gasteiger partial charge in [-0.05, 0) is 31.0 Å². The number of aromatic nitrogens is 2. The number of furan rings is 1. The smallest absolute Gasteiger partial charge is 0.321 e. The third-order valence-corrected chi connectivity index (χ3v) is 3.59. The lowest BCUT2D eigenvalue weighted by atomic mass is 10.0. The van der Waals surface area contributed by atoms with Crippen LogP contribution in [0.2, 0.25) is 0 Å². The van der Waals surface area contributed by atoms with Crippen LogP contribution in [0.25, 0.3) is 11.7 Å². The maximum Gasteiger partial charge on any atom is 0.321 e. The Balaban J connectivity index is 1.74. The Morgan fingerprint density at radius 3 is 3.10 bits per heavy atom. The van der Waals surface area contributed by atoms with Gasteiger partial charge in [-0.2, -0.15) is 0 Å². The Kier molecular flexibility index (Phi) is 3.27. The molecule has 1 aliphatic rings. The van der Waals surface area contributed by atoms with Gasteiger partial charge in [-0.1, -0.05) is 6.92 Å². The molecule has 0 saturated carbocycles. The van der Waals surface area contributed by atoms with Crippen molar-refractivity contribution in [3.8, 4) is 11.7 Å². The highest BCUT2D eigenvalue weighted by molar-refractivity contribution is 5.74. The summed E-state index contributed by atoms with van der Waals surface area (Å²) in [5.41, 5.74) is 0. The molecule has 7 heteroatoms. The number of carboxylic acid groups (broad SMARTS) is 1. The van der Waals surface area contributed by atoms with Crippen LogP contribution in [0.15, 0.2) is 27.2 Å². The fourth-order valence-corrected chi connectivity index (χ4v) is 2.59. The fraction of sp³-hybridized carbons (Fsp3) is 0.462. The summed E-state index contributed by atoms with van der Waals surface area (Å²) in [7, 11) is 0. The molecule has 0 amide bonds. The van der Waals surface area contributed by atoms with Gasteiger partial charge in [0.05, 0.1) is 12.8 Å². The monoisotopic (exact) mass is 277 g/mol. The van der Waals surface area contributed by atoms with Crippen LogP contribution >= 0.6 is 0 Å². The molecule has 3 heterocycles. The minimum Gasteiger partial charge on any atom is -0.480 e. The van der Waals surface area contributed by atoms with Crippen LogP contribution in [-0.2, 0) is 11.3 Å². The van der Waals surface area contributed by atoms with E-state index in [0.29, 0.717) is 24.1 Å². The third kappa shape index (κ3) is 2.32. The number of rotatable bonds is 4. The van der Waals surface area contributed by atoms with Crippen molar-refractivity contribution in [2.75, 3.05) is 6.54 Å². The van der Waals surface area contributed by atoms with Crippen molar-refractivity contribution in [3.05, 3.63) is 24.3 Å². The zero-order valence-electron chi connectivity index (χ0n) is 11.0. The summed E-state index contributed by atoms with van der Waals surface area (Å²) in [6.45, 7) is 3.01. The predicted molar refractivity (Wildman–Crippen MR) is 67.6 cm³/mol. The highest BCUT2D eigenvalue weighted by atomic mass is 16.4. The van der Waals surface area contributed by atoms with Crippen molar-refractivity contribution in [2.45, 2.75) is 25.9 Å². The van der Waals surface area contributed by atoms with Gasteiger partial charge in [0.25, 0.3) is 5.89 Å². The van der Waals surface area contributed by atoms with Gasteiger partial charge in [0.1, 0.15) is 6.04 Å². The molecule has 0 bridgehead atoms. The number of carboxylic acids is 1. The van der Waals surface area contributed by atoms with Gasteiger partial charge in [-0.25, -0.2) is 0 Å². The summed E-state index contributed by atoms with van der Waals surface area (Å²) in [4.78, 5) is 13.1. The van der Waals surface area contributed by atoms with E-state index in [1.807, 2.05) is 11.8 Å². The summed E-state index contributed by atoms with van der Waals surface area (Å²) in [5, 5.41) is 17.1. The second-order valence-corrected chi connectivity index (χ2v) is 5.00. The van der Waals surface area contributed by atoms with Gasteiger partial charge in [0, 0.05) is 0 Å². The molecule has 106 valence electrons. The van der Waals surface area contributed by atoms with Crippen LogP contribution in [0.3, 0.4) is 0 Å². The zero-order chi connectivity index (χ0) is 14.1. The highest BCUT2D eigenvalue weighted by Crippen LogP contribution is 2.26. The standard InChI is InChI=1S/C13H15N3O4/c1-8-4-5-16(11(8)13(17)18)7-10-14-15-12(20-10)9-3-2-6-19-9/h2-3,6,8,11H,4-5,7H2,1H3,(H,17,18). The molecule has 1 saturated heterocycles. The van der Waals surface area contributed by atoms with E-state index < -0.39 is 12.0 Å². The summed E-state index contributed by atoms with van der Waals surface area (Å²) < 4.78 is 10.7. The van der Waals surface area contributed by atoms with E-state index in [0.717, 1.165) is 13.0 Å². The number of hydrogen-bond donors (Lipinski definition) is 1. The molecule has 2 unspecified atom stereocenters. The molecule has 1 aliphatic heterocycles. The van der Waals surface area contributed by atoms with Gasteiger partial charge < -0.3 is 13.9 Å². The first-order valence-electron chi connectivity index (χ1n) is 6.48. The number of likely N-dealkylation sites (tertiary alicyclic amines) is 1. The van der Waals surface area contributed by atoms with E-state index in [4.69, 9.17) is 8.83 Å². The van der Waals surface area contributed by atoms with Crippen LogP contribution in [0.1, 0.15) is 19.2 Å². The van der Waals surface area contributed by atoms with Gasteiger partial charge in [0.2, 0.25) is 5.89 Å². The molecule has 0 spiro atoms. The van der Waals surface area contributed by atoms with Crippen molar-refractivity contribution in [2.24, 2.45) is 5.92 Å². The lowest BCUT2D eigenvalue weighted by Gasteiger charge is -2.21. The molecule has 0 aliphatic carbocycles. The molecule has 2 atom stereocenters. The Hall–Kier alpha value is -2.15. The lowest BCUT2D eigenvalue weighted by Crippen LogP contribution is -2.38. The van der Waals surface area contributed by atoms with Crippen molar-refractivity contribution in [1.29, 1.82) is 0 Å². The molecular formula is C13H15N3O4. The molecule has 20 heavy (non-hydrogen) atoms. The van der Waals surface area contributed by atoms with Crippen LogP contribution in [0.4, 0.5) is 0 Å². The van der Waals surface area contributed by atoms with Gasteiger partial charge in [-0.3, -0.25) is 9.69 Å². The second-order valence-electron chi connectivity index (χ2n) is 5.00. The lowest BCUT2D eigenvalue weighted by molar-refractivity contribution is -0.143. The predicted octanol–water partition coefficient (Wildman–Crippen LogP) is 1.62. The van der Waals surface area contributed by atoms with Crippen molar-refractivity contribution >= 4 is 5.97 Å². The van der Waals surface area contributed by atoms with Crippen LogP contribution in [0.5, 0.6) is 0 Å². The number of carbonyl (C=O) groups is 1. The Morgan fingerprint density at radius 1 is 1.55 bits per heavy atom. The Labute approximate surface area is 115 Å². The molecule has 0 aromatic carbocycles. The zero-order valence-corrected chi connectivity index (χ0v) is 11.0. The Bertz CT molecular complexity index is 593. The quantitative estimate of drug-likeness (QED) is 0.907. The van der Waals surface area contributed by atoms with Crippen molar-refractivity contribution in [1.82, 2.24) is 15.1 Å². The second kappa shape index (κ2) is 5.09. The van der Waals surface area contributed by atoms with E-state index in [9.17, 15) is 9.90 Å². The molecule has 7 nitrogen and oxygen atoms in total. The first-order valence-corrected chi connectivity index (χ1v) is 6.48. The largest absolute Gasteiger partial charge is 0.480 e. The average molecular weight is 277 g/mol. The number of aliphatic carboxylic acids is 1. The molecule has 3 rings (SSSR count). The van der Waals surface area contributed by atoms with Crippen LogP contribution in [0, 0.1) is 5.92 Å². The van der Waals surface area contributed by atoms with E-state index in [2.05, 4.69) is 10.2 Å². The third-order valence-electron chi connectivity index (χ3n) is 3.59. The topological polar surface area (TPSA) is 92.6 Å². The summed E-state index contributed by atoms with van der Waals surface area (Å²) >= 11 is 0. The van der Waals surface area contributed by atoms with E-state index in [1.54, 1.807) is 12.1 Å². The molecule has 2 aromatic heterocycles. The molecule has 0 radical (unpaired) electrons. The normalized spacial score (nSPS) is 23.2. The molecule has 2 aromatic rings. The van der Waals surface area contributed by atoms with Gasteiger partial charge >= 0.3 is 5.97 Å². The minimum atomic E-state index is -0.805. The van der Waals surface area contributed by atoms with Crippen LogP contribution in [-0.4, -0.2) is 38.8 Å². The molecule has 1 fully saturated rings. The SMILES string of the molecule is CC1CCN(Cc2nnc(-c3ccco3)o2)C1C(=O)O. The maximum atomic E-state index is 11.3. The summed E-state index contributed by atoms with van der Waals surface area (Å²) in [6, 6.07) is 2.98. The Morgan fingerprint density at radius 2 is 2.40 bits per heavy atom. The first-order chi connectivity index (χ1) is 9.65.